The van der Waals surface area contributed by atoms with Crippen LogP contribution in [0.3, 0.4) is 0 Å². The molecule has 4 heteroatoms. The normalized spacial score (nSPS) is 14.5. The van der Waals surface area contributed by atoms with Crippen LogP contribution in [-0.2, 0) is 39.0 Å². The fraction of sp³-hybridized carbons (Fsp3) is 0.222. The lowest BCUT2D eigenvalue weighted by Gasteiger charge is -2.30. The third-order valence-corrected chi connectivity index (χ3v) is 8.46. The van der Waals surface area contributed by atoms with E-state index in [-0.39, 0.29) is 0 Å². The van der Waals surface area contributed by atoms with Crippen LogP contribution in [0.5, 0.6) is 0 Å². The van der Waals surface area contributed by atoms with Gasteiger partial charge < -0.3 is 9.80 Å². The smallest absolute Gasteiger partial charge is 0.173 e. The van der Waals surface area contributed by atoms with E-state index in [0.29, 0.717) is 0 Å². The Kier molecular flexibility index (Phi) is 6.75. The van der Waals surface area contributed by atoms with E-state index in [9.17, 15) is 0 Å². The van der Waals surface area contributed by atoms with Crippen molar-refractivity contribution in [2.45, 2.75) is 39.0 Å². The van der Waals surface area contributed by atoms with Crippen molar-refractivity contribution in [3.63, 3.8) is 0 Å². The first-order chi connectivity index (χ1) is 19.8. The molecular weight excluding hydrogens is 488 g/mol. The van der Waals surface area contributed by atoms with E-state index in [0.717, 1.165) is 52.1 Å². The Bertz CT molecular complexity index is 1490. The number of nitrogens with zero attached hydrogens (tertiary/aromatic N) is 4. The van der Waals surface area contributed by atoms with Crippen molar-refractivity contribution in [3.05, 3.63) is 155 Å². The Morgan fingerprint density at radius 3 is 1.35 bits per heavy atom. The summed E-state index contributed by atoms with van der Waals surface area (Å²) in [5.41, 5.74) is 11.1. The van der Waals surface area contributed by atoms with Crippen LogP contribution in [0.4, 0.5) is 11.4 Å². The summed E-state index contributed by atoms with van der Waals surface area (Å²) in [6.07, 6.45) is 11.1. The van der Waals surface area contributed by atoms with Gasteiger partial charge in [-0.05, 0) is 41.2 Å². The molecule has 40 heavy (non-hydrogen) atoms. The van der Waals surface area contributed by atoms with Crippen LogP contribution >= 0.6 is 0 Å². The molecule has 4 heterocycles. The van der Waals surface area contributed by atoms with E-state index in [1.807, 2.05) is 0 Å². The van der Waals surface area contributed by atoms with Gasteiger partial charge in [0, 0.05) is 72.9 Å². The molecule has 7 rings (SSSR count). The van der Waals surface area contributed by atoms with Gasteiger partial charge in [-0.2, -0.15) is 0 Å². The Morgan fingerprint density at radius 1 is 0.475 bits per heavy atom. The summed E-state index contributed by atoms with van der Waals surface area (Å²) < 4.78 is 4.55. The zero-order valence-corrected chi connectivity index (χ0v) is 23.0. The van der Waals surface area contributed by atoms with Gasteiger partial charge in [-0.1, -0.05) is 66.7 Å². The number of hydrogen-bond donors (Lipinski definition) is 0. The van der Waals surface area contributed by atoms with Gasteiger partial charge in [0.25, 0.3) is 0 Å². The van der Waals surface area contributed by atoms with Gasteiger partial charge in [-0.15, -0.1) is 0 Å². The van der Waals surface area contributed by atoms with Crippen molar-refractivity contribution in [1.29, 1.82) is 0 Å². The molecule has 0 radical (unpaired) electrons. The minimum Gasteiger partial charge on any atom is -0.366 e. The van der Waals surface area contributed by atoms with Gasteiger partial charge in [0.1, 0.15) is 0 Å². The second-order valence-corrected chi connectivity index (χ2v) is 11.2. The van der Waals surface area contributed by atoms with E-state index in [1.54, 1.807) is 0 Å². The van der Waals surface area contributed by atoms with Gasteiger partial charge in [0.2, 0.25) is 0 Å². The Morgan fingerprint density at radius 2 is 0.900 bits per heavy atom. The molecule has 0 atom stereocenters. The second-order valence-electron chi connectivity index (χ2n) is 11.2. The van der Waals surface area contributed by atoms with Crippen LogP contribution in [-0.4, -0.2) is 13.1 Å². The molecule has 0 aliphatic carbocycles. The van der Waals surface area contributed by atoms with Crippen LogP contribution in [0, 0.1) is 0 Å². The van der Waals surface area contributed by atoms with Crippen molar-refractivity contribution in [2.24, 2.45) is 0 Å². The first-order valence-electron chi connectivity index (χ1n) is 14.5. The van der Waals surface area contributed by atoms with Gasteiger partial charge in [0.05, 0.1) is 0 Å². The van der Waals surface area contributed by atoms with Gasteiger partial charge in [-0.3, -0.25) is 0 Å². The van der Waals surface area contributed by atoms with Crippen LogP contribution in [0.25, 0.3) is 0 Å². The lowest BCUT2D eigenvalue weighted by Crippen LogP contribution is -2.36. The van der Waals surface area contributed by atoms with Crippen molar-refractivity contribution >= 4 is 11.4 Å². The highest BCUT2D eigenvalue weighted by Crippen LogP contribution is 2.25. The topological polar surface area (TPSA) is 14.2 Å². The highest BCUT2D eigenvalue weighted by atomic mass is 15.1. The lowest BCUT2D eigenvalue weighted by molar-refractivity contribution is -0.689. The number of hydrogen-bond acceptors (Lipinski definition) is 2. The maximum Gasteiger partial charge on any atom is 0.173 e. The van der Waals surface area contributed by atoms with Crippen molar-refractivity contribution in [2.75, 3.05) is 22.9 Å². The first-order valence-corrected chi connectivity index (χ1v) is 14.5. The molecule has 198 valence electrons. The fourth-order valence-electron chi connectivity index (χ4n) is 6.21. The van der Waals surface area contributed by atoms with Gasteiger partial charge in [0.15, 0.2) is 37.9 Å². The minimum absolute atomic E-state index is 0.872. The SMILES string of the molecule is c1cc(C[n+]2ccc(N3CCc4ccccc4C3)cc2)cc(C[n+]2ccc(N3CCc4ccccc4C3)cc2)c1. The van der Waals surface area contributed by atoms with Gasteiger partial charge in [-0.25, -0.2) is 9.13 Å². The average Bonchev–Trinajstić information content (AvgIpc) is 3.01. The van der Waals surface area contributed by atoms with Crippen LogP contribution in [0.2, 0.25) is 0 Å². The maximum absolute atomic E-state index is 2.49. The molecule has 0 saturated heterocycles. The third kappa shape index (κ3) is 5.35. The predicted molar refractivity (Wildman–Crippen MR) is 160 cm³/mol. The lowest BCUT2D eigenvalue weighted by atomic mass is 9.99. The fourth-order valence-corrected chi connectivity index (χ4v) is 6.21. The quantitative estimate of drug-likeness (QED) is 0.273. The average molecular weight is 525 g/mol. The Balaban J connectivity index is 0.977. The number of rotatable bonds is 6. The predicted octanol–water partition coefficient (Wildman–Crippen LogP) is 5.48. The first kappa shape index (κ1) is 24.6. The number of fused-ring (bicyclic) bond motifs is 2. The molecule has 2 aliphatic rings. The minimum atomic E-state index is 0.872. The molecule has 0 bridgehead atoms. The summed E-state index contributed by atoms with van der Waals surface area (Å²) in [7, 11) is 0. The summed E-state index contributed by atoms with van der Waals surface area (Å²) in [6, 6.07) is 35.7. The van der Waals surface area contributed by atoms with Crippen LogP contribution in [0.1, 0.15) is 33.4 Å². The van der Waals surface area contributed by atoms with Gasteiger partial charge >= 0.3 is 0 Å². The molecule has 4 nitrogen and oxygen atoms in total. The molecule has 5 aromatic rings. The molecule has 0 fully saturated rings. The van der Waals surface area contributed by atoms with E-state index in [1.165, 1.54) is 44.8 Å². The second kappa shape index (κ2) is 11.0. The van der Waals surface area contributed by atoms with E-state index in [4.69, 9.17) is 0 Å². The summed E-state index contributed by atoms with van der Waals surface area (Å²) in [5, 5.41) is 0. The van der Waals surface area contributed by atoms with Crippen molar-refractivity contribution in [1.82, 2.24) is 0 Å². The largest absolute Gasteiger partial charge is 0.366 e. The van der Waals surface area contributed by atoms with Crippen LogP contribution in [0.15, 0.2) is 122 Å². The maximum atomic E-state index is 2.49. The Hall–Kier alpha value is -4.44. The summed E-state index contributed by atoms with van der Waals surface area (Å²) in [4.78, 5) is 4.97. The van der Waals surface area contributed by atoms with E-state index < -0.39 is 0 Å². The third-order valence-electron chi connectivity index (χ3n) is 8.46. The summed E-state index contributed by atoms with van der Waals surface area (Å²) in [6.45, 7) is 5.88. The Labute approximate surface area is 237 Å². The molecule has 2 aliphatic heterocycles. The number of aromatic nitrogens is 2. The number of benzene rings is 3. The molecule has 0 N–H and O–H groups in total. The van der Waals surface area contributed by atoms with Crippen molar-refractivity contribution in [3.8, 4) is 0 Å². The van der Waals surface area contributed by atoms with E-state index >= 15 is 0 Å². The number of anilines is 2. The standard InChI is InChI=1S/C36H36N4/c1-3-10-33-27-39(22-12-31(33)8-1)35-14-18-37(19-15-35)25-29-6-5-7-30(24-29)26-38-20-16-36(17-21-38)40-23-13-32-9-2-4-11-34(32)28-40/h1-11,14-21,24H,12-13,22-23,25-28H2/q+2. The molecule has 0 saturated carbocycles. The van der Waals surface area contributed by atoms with E-state index in [2.05, 4.69) is 141 Å². The monoisotopic (exact) mass is 524 g/mol. The highest BCUT2D eigenvalue weighted by molar-refractivity contribution is 5.49. The summed E-state index contributed by atoms with van der Waals surface area (Å²) in [5.74, 6) is 0. The zero-order chi connectivity index (χ0) is 26.7. The summed E-state index contributed by atoms with van der Waals surface area (Å²) >= 11 is 0. The molecule has 0 unspecified atom stereocenters. The zero-order valence-electron chi connectivity index (χ0n) is 23.0. The van der Waals surface area contributed by atoms with Crippen LogP contribution < -0.4 is 18.9 Å². The number of pyridine rings is 2. The molecular formula is C36H36N4+2. The molecule has 0 spiro atoms. The molecule has 2 aromatic heterocycles. The molecule has 0 amide bonds. The van der Waals surface area contributed by atoms with Crippen molar-refractivity contribution < 1.29 is 9.13 Å². The molecule has 3 aromatic carbocycles. The highest BCUT2D eigenvalue weighted by Gasteiger charge is 2.18.